The Labute approximate surface area is 122 Å². The number of rotatable bonds is 2. The van der Waals surface area contributed by atoms with Crippen LogP contribution in [0.2, 0.25) is 0 Å². The summed E-state index contributed by atoms with van der Waals surface area (Å²) in [6.07, 6.45) is -4.37. The lowest BCUT2D eigenvalue weighted by molar-refractivity contribution is -0.137. The minimum atomic E-state index is -4.37. The molecule has 1 N–H and O–H groups in total. The first-order valence-corrected chi connectivity index (χ1v) is 7.03. The predicted molar refractivity (Wildman–Crippen MR) is 74.1 cm³/mol. The van der Waals surface area contributed by atoms with E-state index in [1.807, 2.05) is 13.8 Å². The maximum absolute atomic E-state index is 12.7. The summed E-state index contributed by atoms with van der Waals surface area (Å²) in [6.45, 7) is 3.95. The molecule has 0 aliphatic heterocycles. The van der Waals surface area contributed by atoms with Crippen LogP contribution in [0.4, 0.5) is 13.2 Å². The second-order valence-electron chi connectivity index (χ2n) is 4.96. The van der Waals surface area contributed by atoms with Crippen LogP contribution in [0.1, 0.15) is 31.0 Å². The normalized spacial score (nSPS) is 12.5. The molecular formula is C13H11F3N4S. The van der Waals surface area contributed by atoms with Crippen molar-refractivity contribution in [3.63, 3.8) is 0 Å². The number of benzene rings is 1. The molecule has 0 radical (unpaired) electrons. The lowest BCUT2D eigenvalue weighted by Crippen LogP contribution is -2.04. The van der Waals surface area contributed by atoms with Crippen molar-refractivity contribution in [2.75, 3.05) is 0 Å². The van der Waals surface area contributed by atoms with Crippen LogP contribution in [-0.4, -0.2) is 19.6 Å². The first-order valence-electron chi connectivity index (χ1n) is 6.26. The number of nitrogens with one attached hydrogen (secondary N) is 1. The van der Waals surface area contributed by atoms with Crippen LogP contribution in [0.15, 0.2) is 18.2 Å². The molecule has 0 atom stereocenters. The number of hydrogen-bond acceptors (Lipinski definition) is 4. The van der Waals surface area contributed by atoms with Crippen molar-refractivity contribution in [2.24, 2.45) is 0 Å². The van der Waals surface area contributed by atoms with E-state index in [0.717, 1.165) is 22.7 Å². The Hall–Kier alpha value is -1.96. The van der Waals surface area contributed by atoms with Gasteiger partial charge in [0.15, 0.2) is 5.82 Å². The largest absolute Gasteiger partial charge is 0.416 e. The van der Waals surface area contributed by atoms with E-state index in [4.69, 9.17) is 0 Å². The lowest BCUT2D eigenvalue weighted by Gasteiger charge is -2.05. The van der Waals surface area contributed by atoms with Crippen LogP contribution in [-0.2, 0) is 6.18 Å². The van der Waals surface area contributed by atoms with Crippen molar-refractivity contribution < 1.29 is 13.2 Å². The van der Waals surface area contributed by atoms with Gasteiger partial charge in [-0.2, -0.15) is 13.2 Å². The molecule has 21 heavy (non-hydrogen) atoms. The molecule has 3 rings (SSSR count). The first-order chi connectivity index (χ1) is 9.86. The number of imidazole rings is 1. The Bertz CT molecular complexity index is 788. The zero-order valence-electron chi connectivity index (χ0n) is 11.2. The standard InChI is InChI=1S/C13H11F3N4S/c1-6(2)10-11(21-20-19-10)12-17-8-4-3-7(13(14,15)16)5-9(8)18-12/h3-6H,1-2H3,(H,17,18). The highest BCUT2D eigenvalue weighted by Crippen LogP contribution is 2.33. The lowest BCUT2D eigenvalue weighted by atomic mass is 10.1. The fourth-order valence-corrected chi connectivity index (χ4v) is 2.80. The predicted octanol–water partition coefficient (Wildman–Crippen LogP) is 4.22. The Kier molecular flexibility index (Phi) is 3.20. The maximum atomic E-state index is 12.7. The van der Waals surface area contributed by atoms with Gasteiger partial charge in [-0.15, -0.1) is 5.10 Å². The zero-order valence-corrected chi connectivity index (χ0v) is 12.0. The van der Waals surface area contributed by atoms with E-state index in [1.165, 1.54) is 17.6 Å². The Balaban J connectivity index is 2.11. The molecular weight excluding hydrogens is 301 g/mol. The van der Waals surface area contributed by atoms with Gasteiger partial charge in [0.25, 0.3) is 0 Å². The Morgan fingerprint density at radius 1 is 1.24 bits per heavy atom. The molecule has 1 aromatic carbocycles. The molecule has 4 nitrogen and oxygen atoms in total. The number of aromatic nitrogens is 4. The second-order valence-corrected chi connectivity index (χ2v) is 5.71. The summed E-state index contributed by atoms with van der Waals surface area (Å²) in [7, 11) is 0. The average Bonchev–Trinajstić information content (AvgIpc) is 3.02. The summed E-state index contributed by atoms with van der Waals surface area (Å²) in [5.74, 6) is 0.667. The molecule has 0 aliphatic carbocycles. The highest BCUT2D eigenvalue weighted by Gasteiger charge is 2.30. The SMILES string of the molecule is CC(C)c1nnsc1-c1nc2ccc(C(F)(F)F)cc2[nH]1. The minimum Gasteiger partial charge on any atom is -0.337 e. The molecule has 8 heteroatoms. The van der Waals surface area contributed by atoms with Crippen molar-refractivity contribution in [1.29, 1.82) is 0 Å². The van der Waals surface area contributed by atoms with Gasteiger partial charge < -0.3 is 4.98 Å². The fourth-order valence-electron chi connectivity index (χ4n) is 2.03. The summed E-state index contributed by atoms with van der Waals surface area (Å²) in [5.41, 5.74) is 0.927. The molecule has 0 amide bonds. The summed E-state index contributed by atoms with van der Waals surface area (Å²) < 4.78 is 42.0. The molecule has 0 saturated carbocycles. The van der Waals surface area contributed by atoms with Gasteiger partial charge in [-0.1, -0.05) is 18.3 Å². The molecule has 3 aromatic rings. The summed E-state index contributed by atoms with van der Waals surface area (Å²) >= 11 is 1.18. The average molecular weight is 312 g/mol. The highest BCUT2D eigenvalue weighted by molar-refractivity contribution is 7.09. The van der Waals surface area contributed by atoms with Crippen molar-refractivity contribution >= 4 is 22.6 Å². The number of aromatic amines is 1. The Morgan fingerprint density at radius 2 is 2.00 bits per heavy atom. The monoisotopic (exact) mass is 312 g/mol. The summed E-state index contributed by atoms with van der Waals surface area (Å²) in [4.78, 5) is 8.01. The zero-order chi connectivity index (χ0) is 15.2. The fraction of sp³-hybridized carbons (Fsp3) is 0.308. The molecule has 0 unspecified atom stereocenters. The van der Waals surface area contributed by atoms with Gasteiger partial charge in [0.2, 0.25) is 0 Å². The molecule has 0 spiro atoms. The van der Waals surface area contributed by atoms with Gasteiger partial charge in [-0.3, -0.25) is 0 Å². The van der Waals surface area contributed by atoms with E-state index in [2.05, 4.69) is 19.6 Å². The van der Waals surface area contributed by atoms with Crippen LogP contribution in [0.3, 0.4) is 0 Å². The summed E-state index contributed by atoms with van der Waals surface area (Å²) in [6, 6.07) is 3.46. The van der Waals surface area contributed by atoms with Crippen molar-refractivity contribution in [3.05, 3.63) is 29.5 Å². The molecule has 2 aromatic heterocycles. The summed E-state index contributed by atoms with van der Waals surface area (Å²) in [5, 5.41) is 4.05. The van der Waals surface area contributed by atoms with Crippen LogP contribution >= 0.6 is 11.5 Å². The van der Waals surface area contributed by atoms with Gasteiger partial charge in [-0.05, 0) is 35.6 Å². The molecule has 0 fully saturated rings. The maximum Gasteiger partial charge on any atom is 0.416 e. The molecule has 0 bridgehead atoms. The van der Waals surface area contributed by atoms with E-state index < -0.39 is 11.7 Å². The number of halogens is 3. The van der Waals surface area contributed by atoms with E-state index in [9.17, 15) is 13.2 Å². The Morgan fingerprint density at radius 3 is 2.67 bits per heavy atom. The van der Waals surface area contributed by atoms with Gasteiger partial charge in [-0.25, -0.2) is 4.98 Å². The number of fused-ring (bicyclic) bond motifs is 1. The third-order valence-corrected chi connectivity index (χ3v) is 3.83. The topological polar surface area (TPSA) is 54.5 Å². The quantitative estimate of drug-likeness (QED) is 0.770. The van der Waals surface area contributed by atoms with Crippen LogP contribution in [0.5, 0.6) is 0 Å². The van der Waals surface area contributed by atoms with Crippen molar-refractivity contribution in [3.8, 4) is 10.7 Å². The third kappa shape index (κ3) is 2.51. The van der Waals surface area contributed by atoms with Gasteiger partial charge in [0.05, 0.1) is 22.3 Å². The van der Waals surface area contributed by atoms with Crippen LogP contribution in [0, 0.1) is 0 Å². The highest BCUT2D eigenvalue weighted by atomic mass is 32.1. The number of H-pyrrole nitrogens is 1. The number of hydrogen-bond donors (Lipinski definition) is 1. The van der Waals surface area contributed by atoms with Crippen LogP contribution < -0.4 is 0 Å². The van der Waals surface area contributed by atoms with E-state index in [-0.39, 0.29) is 5.92 Å². The first kappa shape index (κ1) is 14.0. The van der Waals surface area contributed by atoms with E-state index in [0.29, 0.717) is 16.9 Å². The molecule has 0 saturated heterocycles. The molecule has 2 heterocycles. The second kappa shape index (κ2) is 4.80. The van der Waals surface area contributed by atoms with Gasteiger partial charge in [0, 0.05) is 0 Å². The van der Waals surface area contributed by atoms with Gasteiger partial charge >= 0.3 is 6.18 Å². The van der Waals surface area contributed by atoms with Crippen molar-refractivity contribution in [1.82, 2.24) is 19.6 Å². The van der Waals surface area contributed by atoms with Gasteiger partial charge in [0.1, 0.15) is 4.88 Å². The van der Waals surface area contributed by atoms with Crippen LogP contribution in [0.25, 0.3) is 21.7 Å². The number of nitrogens with zero attached hydrogens (tertiary/aromatic N) is 3. The van der Waals surface area contributed by atoms with Crippen molar-refractivity contribution in [2.45, 2.75) is 25.9 Å². The smallest absolute Gasteiger partial charge is 0.337 e. The molecule has 0 aliphatic rings. The van der Waals surface area contributed by atoms with E-state index in [1.54, 1.807) is 0 Å². The third-order valence-electron chi connectivity index (χ3n) is 3.08. The number of alkyl halides is 3. The van der Waals surface area contributed by atoms with E-state index >= 15 is 0 Å². The minimum absolute atomic E-state index is 0.165. The molecule has 110 valence electrons.